The average Bonchev–Trinajstić information content (AvgIpc) is 2.88. The Morgan fingerprint density at radius 3 is 2.73 bits per heavy atom. The van der Waals surface area contributed by atoms with Gasteiger partial charge in [0.2, 0.25) is 0 Å². The van der Waals surface area contributed by atoms with Crippen molar-refractivity contribution in [2.75, 3.05) is 6.61 Å². The number of ether oxygens (including phenoxy) is 1. The highest BCUT2D eigenvalue weighted by Gasteiger charge is 2.61. The second kappa shape index (κ2) is 6.34. The van der Waals surface area contributed by atoms with Gasteiger partial charge in [-0.1, -0.05) is 25.5 Å². The Hall–Kier alpha value is -0.870. The molecule has 4 heteroatoms. The van der Waals surface area contributed by atoms with E-state index in [1.165, 1.54) is 12.5 Å². The number of esters is 1. The van der Waals surface area contributed by atoms with Crippen molar-refractivity contribution >= 4 is 5.97 Å². The van der Waals surface area contributed by atoms with Gasteiger partial charge < -0.3 is 14.9 Å². The van der Waals surface area contributed by atoms with Crippen molar-refractivity contribution in [3.05, 3.63) is 11.6 Å². The topological polar surface area (TPSA) is 66.8 Å². The lowest BCUT2D eigenvalue weighted by atomic mass is 9.45. The van der Waals surface area contributed by atoms with E-state index in [-0.39, 0.29) is 29.0 Å². The second-order valence-electron chi connectivity index (χ2n) is 9.77. The molecule has 3 unspecified atom stereocenters. The van der Waals surface area contributed by atoms with E-state index in [9.17, 15) is 15.0 Å². The van der Waals surface area contributed by atoms with Gasteiger partial charge in [0.25, 0.3) is 0 Å². The Kier molecular flexibility index (Phi) is 4.51. The highest BCUT2D eigenvalue weighted by molar-refractivity contribution is 5.66. The summed E-state index contributed by atoms with van der Waals surface area (Å²) < 4.78 is 5.64. The Balaban J connectivity index is 1.73. The molecular weight excluding hydrogens is 328 g/mol. The highest BCUT2D eigenvalue weighted by atomic mass is 16.5. The first kappa shape index (κ1) is 18.5. The number of hydrogen-bond acceptors (Lipinski definition) is 4. The van der Waals surface area contributed by atoms with E-state index < -0.39 is 0 Å². The number of aliphatic hydroxyl groups excluding tert-OH is 2. The number of rotatable bonds is 2. The van der Waals surface area contributed by atoms with Gasteiger partial charge in [-0.25, -0.2) is 0 Å². The van der Waals surface area contributed by atoms with Crippen LogP contribution in [-0.2, 0) is 9.53 Å². The Labute approximate surface area is 157 Å². The van der Waals surface area contributed by atoms with Gasteiger partial charge in [0, 0.05) is 12.3 Å². The van der Waals surface area contributed by atoms with Gasteiger partial charge >= 0.3 is 5.97 Å². The maximum Gasteiger partial charge on any atom is 0.302 e. The van der Waals surface area contributed by atoms with Crippen molar-refractivity contribution in [2.45, 2.75) is 77.9 Å². The van der Waals surface area contributed by atoms with E-state index in [2.05, 4.69) is 19.9 Å². The molecule has 4 aliphatic carbocycles. The number of hydrogen-bond donors (Lipinski definition) is 2. The molecule has 3 fully saturated rings. The van der Waals surface area contributed by atoms with Crippen molar-refractivity contribution in [3.63, 3.8) is 0 Å². The summed E-state index contributed by atoms with van der Waals surface area (Å²) in [6.07, 6.45) is 8.62. The smallest absolute Gasteiger partial charge is 0.302 e. The van der Waals surface area contributed by atoms with Crippen LogP contribution in [0, 0.1) is 34.5 Å². The minimum atomic E-state index is -0.371. The molecule has 0 heterocycles. The summed E-state index contributed by atoms with van der Waals surface area (Å²) in [7, 11) is 0. The molecular formula is C22H34O4. The predicted molar refractivity (Wildman–Crippen MR) is 99.2 cm³/mol. The average molecular weight is 363 g/mol. The minimum Gasteiger partial charge on any atom is -0.465 e. The monoisotopic (exact) mass is 362 g/mol. The zero-order chi connectivity index (χ0) is 18.7. The number of aliphatic hydroxyl groups is 2. The molecule has 4 nitrogen and oxygen atoms in total. The summed E-state index contributed by atoms with van der Waals surface area (Å²) >= 11 is 0. The fraction of sp³-hybridized carbons (Fsp3) is 0.864. The molecule has 4 aliphatic rings. The van der Waals surface area contributed by atoms with Crippen LogP contribution >= 0.6 is 0 Å². The lowest BCUT2D eigenvalue weighted by Crippen LogP contribution is -2.56. The third-order valence-electron chi connectivity index (χ3n) is 8.78. The summed E-state index contributed by atoms with van der Waals surface area (Å²) in [5, 5.41) is 20.9. The first-order valence-corrected chi connectivity index (χ1v) is 10.5. The van der Waals surface area contributed by atoms with Crippen molar-refractivity contribution in [1.29, 1.82) is 0 Å². The number of carbonyl (C=O) groups is 1. The summed E-state index contributed by atoms with van der Waals surface area (Å²) in [6.45, 7) is 6.48. The van der Waals surface area contributed by atoms with Crippen molar-refractivity contribution in [2.24, 2.45) is 34.5 Å². The zero-order valence-electron chi connectivity index (χ0n) is 16.4. The maximum absolute atomic E-state index is 11.6. The maximum atomic E-state index is 11.6. The molecule has 0 aromatic heterocycles. The van der Waals surface area contributed by atoms with Crippen LogP contribution in [-0.4, -0.2) is 35.0 Å². The largest absolute Gasteiger partial charge is 0.465 e. The minimum absolute atomic E-state index is 0.0580. The molecule has 4 rings (SSSR count). The van der Waals surface area contributed by atoms with E-state index in [0.717, 1.165) is 44.9 Å². The molecule has 26 heavy (non-hydrogen) atoms. The molecule has 3 saturated carbocycles. The van der Waals surface area contributed by atoms with Crippen LogP contribution in [0.3, 0.4) is 0 Å². The van der Waals surface area contributed by atoms with Crippen LogP contribution in [0.15, 0.2) is 11.6 Å². The van der Waals surface area contributed by atoms with Gasteiger partial charge in [-0.3, -0.25) is 4.79 Å². The van der Waals surface area contributed by atoms with Crippen LogP contribution in [0.4, 0.5) is 0 Å². The van der Waals surface area contributed by atoms with E-state index >= 15 is 0 Å². The van der Waals surface area contributed by atoms with Crippen LogP contribution in [0.1, 0.15) is 65.7 Å². The third kappa shape index (κ3) is 2.51. The molecule has 0 aromatic rings. The molecule has 0 radical (unpaired) electrons. The first-order valence-electron chi connectivity index (χ1n) is 10.5. The first-order chi connectivity index (χ1) is 12.3. The molecule has 2 N–H and O–H groups in total. The van der Waals surface area contributed by atoms with Crippen LogP contribution in [0.5, 0.6) is 0 Å². The lowest BCUT2D eigenvalue weighted by Gasteiger charge is -2.60. The fourth-order valence-corrected chi connectivity index (χ4v) is 7.45. The molecule has 0 saturated heterocycles. The number of carbonyl (C=O) groups excluding carboxylic acids is 1. The molecule has 8 atom stereocenters. The lowest BCUT2D eigenvalue weighted by molar-refractivity contribution is -0.155. The molecule has 0 amide bonds. The SMILES string of the molecule is CC(=O)OC[C@@]12C(=CC(O)CC1C)CC[C@@H]1[C@H]2CC[C@]2(C)C(O)CC[C@@H]12. The Morgan fingerprint density at radius 1 is 1.23 bits per heavy atom. The van der Waals surface area contributed by atoms with Crippen molar-refractivity contribution in [3.8, 4) is 0 Å². The summed E-state index contributed by atoms with van der Waals surface area (Å²) in [5.41, 5.74) is 1.26. The molecule has 0 bridgehead atoms. The quantitative estimate of drug-likeness (QED) is 0.583. The summed E-state index contributed by atoms with van der Waals surface area (Å²) in [5.74, 6) is 1.76. The van der Waals surface area contributed by atoms with Gasteiger partial charge in [0.1, 0.15) is 6.61 Å². The normalized spacial score (nSPS) is 50.3. The number of fused-ring (bicyclic) bond motifs is 5. The van der Waals surface area contributed by atoms with Gasteiger partial charge in [0.15, 0.2) is 0 Å². The van der Waals surface area contributed by atoms with Gasteiger partial charge in [-0.2, -0.15) is 0 Å². The second-order valence-corrected chi connectivity index (χ2v) is 9.77. The van der Waals surface area contributed by atoms with Crippen LogP contribution in [0.25, 0.3) is 0 Å². The van der Waals surface area contributed by atoms with Gasteiger partial charge in [-0.15, -0.1) is 0 Å². The third-order valence-corrected chi connectivity index (χ3v) is 8.78. The molecule has 0 aromatic carbocycles. The van der Waals surface area contributed by atoms with E-state index in [1.54, 1.807) is 0 Å². The van der Waals surface area contributed by atoms with Crippen molar-refractivity contribution in [1.82, 2.24) is 0 Å². The van der Waals surface area contributed by atoms with Crippen molar-refractivity contribution < 1.29 is 19.7 Å². The van der Waals surface area contributed by atoms with Gasteiger partial charge in [-0.05, 0) is 74.0 Å². The zero-order valence-corrected chi connectivity index (χ0v) is 16.4. The van der Waals surface area contributed by atoms with E-state index in [4.69, 9.17) is 4.74 Å². The van der Waals surface area contributed by atoms with Gasteiger partial charge in [0.05, 0.1) is 12.2 Å². The van der Waals surface area contributed by atoms with E-state index in [0.29, 0.717) is 30.3 Å². The standard InChI is InChI=1S/C22H34O4/c1-13-10-16(24)11-15-4-5-17-18-6-7-20(25)21(18,3)9-8-19(17)22(13,15)12-26-14(2)23/h11,13,16-20,24-25H,4-10,12H2,1-3H3/t13?,16?,17-,18-,19+,20?,21-,22-/m0/s1. The summed E-state index contributed by atoms with van der Waals surface area (Å²) in [6, 6.07) is 0. The van der Waals surface area contributed by atoms with Crippen LogP contribution < -0.4 is 0 Å². The van der Waals surface area contributed by atoms with Crippen LogP contribution in [0.2, 0.25) is 0 Å². The molecule has 0 spiro atoms. The Bertz CT molecular complexity index is 613. The molecule has 146 valence electrons. The fourth-order valence-electron chi connectivity index (χ4n) is 7.45. The Morgan fingerprint density at radius 2 is 2.00 bits per heavy atom. The predicted octanol–water partition coefficient (Wildman–Crippen LogP) is 3.46. The molecule has 0 aliphatic heterocycles. The summed E-state index contributed by atoms with van der Waals surface area (Å²) in [4.78, 5) is 11.6. The highest BCUT2D eigenvalue weighted by Crippen LogP contribution is 2.66. The van der Waals surface area contributed by atoms with E-state index in [1.807, 2.05) is 0 Å².